The van der Waals surface area contributed by atoms with Crippen molar-refractivity contribution >= 4 is 11.8 Å². The molecule has 2 heterocycles. The molecule has 1 amide bonds. The van der Waals surface area contributed by atoms with Crippen molar-refractivity contribution in [2.24, 2.45) is 0 Å². The molecule has 0 atom stereocenters. The van der Waals surface area contributed by atoms with E-state index in [2.05, 4.69) is 10.1 Å². The number of nitriles is 1. The molecule has 2 aromatic rings. The summed E-state index contributed by atoms with van der Waals surface area (Å²) in [7, 11) is 0. The summed E-state index contributed by atoms with van der Waals surface area (Å²) < 4.78 is 43.7. The first kappa shape index (κ1) is 15.5. The third kappa shape index (κ3) is 3.06. The van der Waals surface area contributed by atoms with Crippen LogP contribution in [0.4, 0.5) is 19.1 Å². The molecule has 0 aromatic carbocycles. The molecule has 2 aromatic heterocycles. The van der Waals surface area contributed by atoms with E-state index in [1.165, 1.54) is 6.07 Å². The largest absolute Gasteiger partial charge is 0.417 e. The molecule has 114 valence electrons. The lowest BCUT2D eigenvalue weighted by atomic mass is 10.1. The monoisotopic (exact) mass is 310 g/mol. The van der Waals surface area contributed by atoms with Crippen LogP contribution in [0.15, 0.2) is 29.0 Å². The van der Waals surface area contributed by atoms with Crippen LogP contribution in [0.1, 0.15) is 21.6 Å². The Kier molecular flexibility index (Phi) is 4.12. The van der Waals surface area contributed by atoms with E-state index in [-0.39, 0.29) is 5.88 Å². The number of halogens is 3. The normalized spacial score (nSPS) is 11.0. The van der Waals surface area contributed by atoms with Gasteiger partial charge in [0.05, 0.1) is 22.9 Å². The standard InChI is InChI=1S/C13H9F3N4O2/c1-8-6-11(22-19-8)20(5-3-17)12(21)9-7-18-4-2-10(9)13(14,15)16/h2,4,6-7H,5H2,1H3. The van der Waals surface area contributed by atoms with Gasteiger partial charge in [0, 0.05) is 18.5 Å². The number of hydrogen-bond acceptors (Lipinski definition) is 5. The lowest BCUT2D eigenvalue weighted by Gasteiger charge is -2.18. The predicted molar refractivity (Wildman–Crippen MR) is 67.8 cm³/mol. The first-order chi connectivity index (χ1) is 10.3. The van der Waals surface area contributed by atoms with Crippen molar-refractivity contribution in [3.63, 3.8) is 0 Å². The summed E-state index contributed by atoms with van der Waals surface area (Å²) in [4.78, 5) is 16.7. The van der Waals surface area contributed by atoms with Gasteiger partial charge in [0.15, 0.2) is 0 Å². The first-order valence-electron chi connectivity index (χ1n) is 5.98. The number of amides is 1. The van der Waals surface area contributed by atoms with Crippen molar-refractivity contribution in [2.75, 3.05) is 11.4 Å². The van der Waals surface area contributed by atoms with E-state index in [9.17, 15) is 18.0 Å². The zero-order chi connectivity index (χ0) is 16.3. The van der Waals surface area contributed by atoms with Crippen molar-refractivity contribution in [2.45, 2.75) is 13.1 Å². The summed E-state index contributed by atoms with van der Waals surface area (Å²) in [6.07, 6.45) is -2.98. The molecule has 0 radical (unpaired) electrons. The Morgan fingerprint density at radius 3 is 2.77 bits per heavy atom. The SMILES string of the molecule is Cc1cc(N(CC#N)C(=O)c2cnccc2C(F)(F)F)on1. The molecular formula is C13H9F3N4O2. The Bertz CT molecular complexity index is 733. The van der Waals surface area contributed by atoms with Crippen molar-refractivity contribution in [3.8, 4) is 6.07 Å². The molecule has 0 unspecified atom stereocenters. The summed E-state index contributed by atoms with van der Waals surface area (Å²) >= 11 is 0. The van der Waals surface area contributed by atoms with Crippen LogP contribution < -0.4 is 4.90 Å². The zero-order valence-corrected chi connectivity index (χ0v) is 11.3. The molecular weight excluding hydrogens is 301 g/mol. The highest BCUT2D eigenvalue weighted by molar-refractivity contribution is 6.06. The van der Waals surface area contributed by atoms with Gasteiger partial charge < -0.3 is 4.52 Å². The van der Waals surface area contributed by atoms with Gasteiger partial charge in [-0.2, -0.15) is 18.4 Å². The van der Waals surface area contributed by atoms with Crippen LogP contribution in [-0.4, -0.2) is 22.6 Å². The number of alkyl halides is 3. The van der Waals surface area contributed by atoms with Crippen molar-refractivity contribution in [1.82, 2.24) is 10.1 Å². The van der Waals surface area contributed by atoms with Gasteiger partial charge in [-0.1, -0.05) is 5.16 Å². The lowest BCUT2D eigenvalue weighted by molar-refractivity contribution is -0.138. The molecule has 0 bridgehead atoms. The molecule has 0 saturated heterocycles. The minimum atomic E-state index is -4.72. The molecule has 0 aliphatic rings. The number of anilines is 1. The molecule has 0 saturated carbocycles. The van der Waals surface area contributed by atoms with Gasteiger partial charge in [-0.15, -0.1) is 0 Å². The van der Waals surface area contributed by atoms with Gasteiger partial charge in [0.1, 0.15) is 6.54 Å². The van der Waals surface area contributed by atoms with Gasteiger partial charge in [0.2, 0.25) is 5.88 Å². The highest BCUT2D eigenvalue weighted by Crippen LogP contribution is 2.32. The number of aryl methyl sites for hydroxylation is 1. The maximum Gasteiger partial charge on any atom is 0.417 e. The van der Waals surface area contributed by atoms with Crippen LogP contribution in [0.5, 0.6) is 0 Å². The number of carbonyl (C=O) groups excluding carboxylic acids is 1. The lowest BCUT2D eigenvalue weighted by Crippen LogP contribution is -2.32. The third-order valence-corrected chi connectivity index (χ3v) is 2.71. The molecule has 0 aliphatic heterocycles. The average molecular weight is 310 g/mol. The highest BCUT2D eigenvalue weighted by Gasteiger charge is 2.37. The number of aromatic nitrogens is 2. The minimum absolute atomic E-state index is 0.110. The number of hydrogen-bond donors (Lipinski definition) is 0. The third-order valence-electron chi connectivity index (χ3n) is 2.71. The Balaban J connectivity index is 2.47. The van der Waals surface area contributed by atoms with Crippen LogP contribution in [0.25, 0.3) is 0 Å². The van der Waals surface area contributed by atoms with Gasteiger partial charge in [0.25, 0.3) is 5.91 Å². The molecule has 0 N–H and O–H groups in total. The van der Waals surface area contributed by atoms with E-state index in [0.29, 0.717) is 11.8 Å². The van der Waals surface area contributed by atoms with E-state index in [1.54, 1.807) is 13.0 Å². The number of nitrogens with zero attached hydrogens (tertiary/aromatic N) is 4. The summed E-state index contributed by atoms with van der Waals surface area (Å²) in [6.45, 7) is 1.09. The summed E-state index contributed by atoms with van der Waals surface area (Å²) in [5.74, 6) is -1.15. The fourth-order valence-electron chi connectivity index (χ4n) is 1.76. The van der Waals surface area contributed by atoms with E-state index in [0.717, 1.165) is 17.3 Å². The van der Waals surface area contributed by atoms with Crippen LogP contribution in [0.2, 0.25) is 0 Å². The van der Waals surface area contributed by atoms with Crippen molar-refractivity contribution in [3.05, 3.63) is 41.3 Å². The maximum absolute atomic E-state index is 13.0. The predicted octanol–water partition coefficient (Wildman–Crippen LogP) is 2.57. The van der Waals surface area contributed by atoms with Gasteiger partial charge in [-0.25, -0.2) is 0 Å². The van der Waals surface area contributed by atoms with E-state index in [4.69, 9.17) is 9.78 Å². The fourth-order valence-corrected chi connectivity index (χ4v) is 1.76. The Labute approximate surface area is 122 Å². The molecule has 2 rings (SSSR count). The Morgan fingerprint density at radius 2 is 2.23 bits per heavy atom. The quantitative estimate of drug-likeness (QED) is 0.814. The summed E-state index contributed by atoms with van der Waals surface area (Å²) in [5, 5.41) is 12.3. The molecule has 0 fully saturated rings. The molecule has 0 aliphatic carbocycles. The smallest absolute Gasteiger partial charge is 0.338 e. The minimum Gasteiger partial charge on any atom is -0.338 e. The van der Waals surface area contributed by atoms with E-state index < -0.39 is 29.8 Å². The first-order valence-corrected chi connectivity index (χ1v) is 5.98. The Morgan fingerprint density at radius 1 is 1.50 bits per heavy atom. The van der Waals surface area contributed by atoms with E-state index >= 15 is 0 Å². The molecule has 0 spiro atoms. The van der Waals surface area contributed by atoms with Crippen LogP contribution in [0.3, 0.4) is 0 Å². The summed E-state index contributed by atoms with van der Waals surface area (Å²) in [6, 6.07) is 3.74. The molecule has 6 nitrogen and oxygen atoms in total. The van der Waals surface area contributed by atoms with Gasteiger partial charge in [-0.05, 0) is 13.0 Å². The summed E-state index contributed by atoms with van der Waals surface area (Å²) in [5.41, 5.74) is -1.38. The van der Waals surface area contributed by atoms with E-state index in [1.807, 2.05) is 0 Å². The maximum atomic E-state index is 13.0. The average Bonchev–Trinajstić information content (AvgIpc) is 2.89. The van der Waals surface area contributed by atoms with Gasteiger partial charge >= 0.3 is 6.18 Å². The van der Waals surface area contributed by atoms with Crippen LogP contribution >= 0.6 is 0 Å². The molecule has 9 heteroatoms. The number of carbonyl (C=O) groups is 1. The fraction of sp³-hybridized carbons (Fsp3) is 0.231. The second-order valence-corrected chi connectivity index (χ2v) is 4.27. The van der Waals surface area contributed by atoms with Crippen molar-refractivity contribution in [1.29, 1.82) is 5.26 Å². The second-order valence-electron chi connectivity index (χ2n) is 4.27. The Hall–Kier alpha value is -2.89. The topological polar surface area (TPSA) is 83.0 Å². The second kappa shape index (κ2) is 5.85. The molecule has 22 heavy (non-hydrogen) atoms. The van der Waals surface area contributed by atoms with Gasteiger partial charge in [-0.3, -0.25) is 14.7 Å². The number of pyridine rings is 1. The zero-order valence-electron chi connectivity index (χ0n) is 11.3. The van der Waals surface area contributed by atoms with Crippen LogP contribution in [-0.2, 0) is 6.18 Å². The highest BCUT2D eigenvalue weighted by atomic mass is 19.4. The number of rotatable bonds is 3. The van der Waals surface area contributed by atoms with Crippen LogP contribution in [0, 0.1) is 18.3 Å². The van der Waals surface area contributed by atoms with Crippen molar-refractivity contribution < 1.29 is 22.5 Å².